The van der Waals surface area contributed by atoms with Crippen molar-refractivity contribution in [3.63, 3.8) is 0 Å². The van der Waals surface area contributed by atoms with Crippen molar-refractivity contribution in [3.05, 3.63) is 34.3 Å². The van der Waals surface area contributed by atoms with Crippen LogP contribution in [0.5, 0.6) is 0 Å². The molecule has 0 radical (unpaired) electrons. The molecular weight excluding hydrogens is 292 g/mol. The van der Waals surface area contributed by atoms with Crippen molar-refractivity contribution >= 4 is 21.8 Å². The summed E-state index contributed by atoms with van der Waals surface area (Å²) >= 11 is 3.45. The number of rotatable bonds is 3. The van der Waals surface area contributed by atoms with Gasteiger partial charge in [0, 0.05) is 10.5 Å². The first-order valence-corrected chi connectivity index (χ1v) is 7.16. The maximum Gasteiger partial charge on any atom is 0.225 e. The van der Waals surface area contributed by atoms with Crippen LogP contribution in [0.4, 0.5) is 0 Å². The van der Waals surface area contributed by atoms with E-state index >= 15 is 0 Å². The largest absolute Gasteiger partial charge is 0.349 e. The van der Waals surface area contributed by atoms with Crippen molar-refractivity contribution in [1.82, 2.24) is 10.6 Å². The SMILES string of the molecule is CC(NC(=O)C1CCNC1C)c1cccc(Br)c1. The lowest BCUT2D eigenvalue weighted by atomic mass is 10.00. The highest BCUT2D eigenvalue weighted by molar-refractivity contribution is 9.10. The molecule has 0 aliphatic carbocycles. The molecule has 2 rings (SSSR count). The molecule has 1 aliphatic heterocycles. The van der Waals surface area contributed by atoms with Crippen LogP contribution in [0, 0.1) is 5.92 Å². The minimum absolute atomic E-state index is 0.0443. The fourth-order valence-electron chi connectivity index (χ4n) is 2.40. The van der Waals surface area contributed by atoms with Crippen LogP contribution in [0.25, 0.3) is 0 Å². The predicted octanol–water partition coefficient (Wildman–Crippen LogP) is 2.62. The van der Waals surface area contributed by atoms with Gasteiger partial charge in [-0.15, -0.1) is 0 Å². The third kappa shape index (κ3) is 3.12. The van der Waals surface area contributed by atoms with E-state index < -0.39 is 0 Å². The highest BCUT2D eigenvalue weighted by atomic mass is 79.9. The van der Waals surface area contributed by atoms with E-state index in [2.05, 4.69) is 33.5 Å². The molecule has 3 nitrogen and oxygen atoms in total. The Bertz CT molecular complexity index is 436. The van der Waals surface area contributed by atoms with Gasteiger partial charge in [-0.25, -0.2) is 0 Å². The molecule has 0 spiro atoms. The molecule has 1 heterocycles. The van der Waals surface area contributed by atoms with E-state index in [0.717, 1.165) is 23.0 Å². The number of nitrogens with one attached hydrogen (secondary N) is 2. The highest BCUT2D eigenvalue weighted by Crippen LogP contribution is 2.20. The summed E-state index contributed by atoms with van der Waals surface area (Å²) in [5.74, 6) is 0.250. The van der Waals surface area contributed by atoms with Gasteiger partial charge in [-0.1, -0.05) is 28.1 Å². The van der Waals surface area contributed by atoms with Gasteiger partial charge in [-0.05, 0) is 44.5 Å². The average molecular weight is 311 g/mol. The summed E-state index contributed by atoms with van der Waals surface area (Å²) < 4.78 is 1.04. The van der Waals surface area contributed by atoms with E-state index in [1.165, 1.54) is 0 Å². The van der Waals surface area contributed by atoms with Crippen LogP contribution in [0.3, 0.4) is 0 Å². The smallest absolute Gasteiger partial charge is 0.225 e. The lowest BCUT2D eigenvalue weighted by Gasteiger charge is -2.19. The van der Waals surface area contributed by atoms with E-state index in [-0.39, 0.29) is 23.9 Å². The minimum atomic E-state index is 0.0443. The molecule has 1 aliphatic rings. The van der Waals surface area contributed by atoms with Gasteiger partial charge >= 0.3 is 0 Å². The maximum absolute atomic E-state index is 12.2. The van der Waals surface area contributed by atoms with Crippen molar-refractivity contribution in [2.75, 3.05) is 6.54 Å². The third-order valence-electron chi connectivity index (χ3n) is 3.57. The summed E-state index contributed by atoms with van der Waals surface area (Å²) in [7, 11) is 0. The molecule has 1 aromatic rings. The van der Waals surface area contributed by atoms with Crippen molar-refractivity contribution < 1.29 is 4.79 Å². The normalized spacial score (nSPS) is 24.8. The molecule has 0 saturated carbocycles. The molecule has 1 aromatic carbocycles. The Morgan fingerprint density at radius 2 is 2.33 bits per heavy atom. The molecule has 1 fully saturated rings. The Labute approximate surface area is 116 Å². The van der Waals surface area contributed by atoms with Crippen LogP contribution in [-0.2, 0) is 4.79 Å². The Morgan fingerprint density at radius 1 is 1.56 bits per heavy atom. The zero-order chi connectivity index (χ0) is 13.1. The molecule has 0 aromatic heterocycles. The summed E-state index contributed by atoms with van der Waals surface area (Å²) in [6.45, 7) is 5.03. The van der Waals surface area contributed by atoms with Crippen LogP contribution < -0.4 is 10.6 Å². The van der Waals surface area contributed by atoms with Crippen molar-refractivity contribution in [2.45, 2.75) is 32.4 Å². The van der Waals surface area contributed by atoms with Gasteiger partial charge in [0.2, 0.25) is 5.91 Å². The van der Waals surface area contributed by atoms with Crippen LogP contribution in [0.2, 0.25) is 0 Å². The van der Waals surface area contributed by atoms with Crippen molar-refractivity contribution in [2.24, 2.45) is 5.92 Å². The zero-order valence-corrected chi connectivity index (χ0v) is 12.3. The number of hydrogen-bond acceptors (Lipinski definition) is 2. The molecule has 3 unspecified atom stereocenters. The lowest BCUT2D eigenvalue weighted by molar-refractivity contribution is -0.125. The van der Waals surface area contributed by atoms with Crippen LogP contribution in [0.15, 0.2) is 28.7 Å². The van der Waals surface area contributed by atoms with Gasteiger partial charge in [0.25, 0.3) is 0 Å². The van der Waals surface area contributed by atoms with E-state index in [0.29, 0.717) is 0 Å². The predicted molar refractivity (Wildman–Crippen MR) is 76.3 cm³/mol. The summed E-state index contributed by atoms with van der Waals surface area (Å²) in [4.78, 5) is 12.2. The van der Waals surface area contributed by atoms with Crippen LogP contribution in [0.1, 0.15) is 31.9 Å². The quantitative estimate of drug-likeness (QED) is 0.901. The summed E-state index contributed by atoms with van der Waals surface area (Å²) in [6.07, 6.45) is 0.929. The average Bonchev–Trinajstić information content (AvgIpc) is 2.75. The Kier molecular flexibility index (Phi) is 4.40. The Morgan fingerprint density at radius 3 is 2.94 bits per heavy atom. The van der Waals surface area contributed by atoms with Crippen molar-refractivity contribution in [3.8, 4) is 0 Å². The van der Waals surface area contributed by atoms with E-state index in [1.807, 2.05) is 31.2 Å². The molecule has 4 heteroatoms. The summed E-state index contributed by atoms with van der Waals surface area (Å²) in [5, 5.41) is 6.40. The lowest BCUT2D eigenvalue weighted by Crippen LogP contribution is -2.37. The summed E-state index contributed by atoms with van der Waals surface area (Å²) in [6, 6.07) is 8.37. The van der Waals surface area contributed by atoms with Gasteiger partial charge in [0.15, 0.2) is 0 Å². The van der Waals surface area contributed by atoms with Gasteiger partial charge in [-0.3, -0.25) is 4.79 Å². The first-order valence-electron chi connectivity index (χ1n) is 6.37. The second-order valence-electron chi connectivity index (χ2n) is 4.92. The second kappa shape index (κ2) is 5.85. The Hall–Kier alpha value is -0.870. The van der Waals surface area contributed by atoms with Gasteiger partial charge in [0.1, 0.15) is 0 Å². The fraction of sp³-hybridized carbons (Fsp3) is 0.500. The van der Waals surface area contributed by atoms with E-state index in [1.54, 1.807) is 0 Å². The number of halogens is 1. The number of amides is 1. The molecule has 3 atom stereocenters. The molecule has 18 heavy (non-hydrogen) atoms. The van der Waals surface area contributed by atoms with Gasteiger partial charge in [-0.2, -0.15) is 0 Å². The van der Waals surface area contributed by atoms with Crippen LogP contribution in [-0.4, -0.2) is 18.5 Å². The zero-order valence-electron chi connectivity index (χ0n) is 10.7. The number of carbonyl (C=O) groups excluding carboxylic acids is 1. The second-order valence-corrected chi connectivity index (χ2v) is 5.84. The molecular formula is C14H19BrN2O. The topological polar surface area (TPSA) is 41.1 Å². The first kappa shape index (κ1) is 13.6. The fourth-order valence-corrected chi connectivity index (χ4v) is 2.81. The maximum atomic E-state index is 12.2. The number of hydrogen-bond donors (Lipinski definition) is 2. The third-order valence-corrected chi connectivity index (χ3v) is 4.06. The van der Waals surface area contributed by atoms with Gasteiger partial charge < -0.3 is 10.6 Å². The number of benzene rings is 1. The first-order chi connectivity index (χ1) is 8.58. The molecule has 1 amide bonds. The van der Waals surface area contributed by atoms with E-state index in [4.69, 9.17) is 0 Å². The molecule has 2 N–H and O–H groups in total. The standard InChI is InChI=1S/C14H19BrN2O/c1-9(11-4-3-5-12(15)8-11)17-14(18)13-6-7-16-10(13)2/h3-5,8-10,13,16H,6-7H2,1-2H3,(H,17,18). The highest BCUT2D eigenvalue weighted by Gasteiger charge is 2.29. The molecule has 1 saturated heterocycles. The van der Waals surface area contributed by atoms with Gasteiger partial charge in [0.05, 0.1) is 12.0 Å². The minimum Gasteiger partial charge on any atom is -0.349 e. The summed E-state index contributed by atoms with van der Waals surface area (Å²) in [5.41, 5.74) is 1.12. The number of carbonyl (C=O) groups is 1. The van der Waals surface area contributed by atoms with Crippen LogP contribution >= 0.6 is 15.9 Å². The molecule has 0 bridgehead atoms. The Balaban J connectivity index is 1.98. The molecule has 98 valence electrons. The van der Waals surface area contributed by atoms with Crippen molar-refractivity contribution in [1.29, 1.82) is 0 Å². The monoisotopic (exact) mass is 310 g/mol. The van der Waals surface area contributed by atoms with E-state index in [9.17, 15) is 4.79 Å².